The Kier molecular flexibility index (Phi) is 3.93. The number of alkyl halides is 3. The van der Waals surface area contributed by atoms with Gasteiger partial charge >= 0.3 is 6.18 Å². The molecule has 1 heterocycles. The number of aromatic nitrogens is 3. The lowest BCUT2D eigenvalue weighted by atomic mass is 10.1. The Hall–Kier alpha value is -2.09. The van der Waals surface area contributed by atoms with Gasteiger partial charge < -0.3 is 10.5 Å². The third-order valence-electron chi connectivity index (χ3n) is 2.61. The molecule has 0 saturated carbocycles. The predicted octanol–water partition coefficient (Wildman–Crippen LogP) is 1.87. The molecule has 0 saturated heterocycles. The number of halogens is 3. The summed E-state index contributed by atoms with van der Waals surface area (Å²) >= 11 is 0. The van der Waals surface area contributed by atoms with Gasteiger partial charge in [-0.25, -0.2) is 0 Å². The van der Waals surface area contributed by atoms with Crippen molar-refractivity contribution in [2.45, 2.75) is 19.3 Å². The van der Waals surface area contributed by atoms with E-state index < -0.39 is 11.7 Å². The first kappa shape index (κ1) is 14.3. The second-order valence-electron chi connectivity index (χ2n) is 4.20. The van der Waals surface area contributed by atoms with Crippen LogP contribution in [0.15, 0.2) is 24.4 Å². The van der Waals surface area contributed by atoms with Gasteiger partial charge in [0.15, 0.2) is 0 Å². The molecule has 1 aromatic carbocycles. The van der Waals surface area contributed by atoms with Crippen molar-refractivity contribution in [1.29, 1.82) is 0 Å². The molecular formula is C12H13F3N4O. The van der Waals surface area contributed by atoms with E-state index in [2.05, 4.69) is 10.3 Å². The maximum atomic E-state index is 12.9. The van der Waals surface area contributed by atoms with Crippen molar-refractivity contribution in [2.75, 3.05) is 0 Å². The monoisotopic (exact) mass is 286 g/mol. The van der Waals surface area contributed by atoms with Crippen LogP contribution in [-0.4, -0.2) is 15.0 Å². The van der Waals surface area contributed by atoms with Gasteiger partial charge in [-0.2, -0.15) is 13.2 Å². The van der Waals surface area contributed by atoms with E-state index in [0.29, 0.717) is 11.3 Å². The molecule has 2 rings (SSSR count). The number of benzene rings is 1. The molecule has 0 unspecified atom stereocenters. The fraction of sp³-hybridized carbons (Fsp3) is 0.333. The largest absolute Gasteiger partial charge is 0.487 e. The van der Waals surface area contributed by atoms with Crippen molar-refractivity contribution < 1.29 is 17.9 Å². The maximum absolute atomic E-state index is 12.9. The summed E-state index contributed by atoms with van der Waals surface area (Å²) in [6.45, 7) is -0.0492. The molecule has 5 nitrogen and oxygen atoms in total. The van der Waals surface area contributed by atoms with Crippen LogP contribution in [0.1, 0.15) is 16.8 Å². The molecule has 0 bridgehead atoms. The van der Waals surface area contributed by atoms with Gasteiger partial charge in [0.1, 0.15) is 18.1 Å². The minimum absolute atomic E-state index is 0.0352. The second-order valence-corrected chi connectivity index (χ2v) is 4.20. The molecule has 0 spiro atoms. The van der Waals surface area contributed by atoms with Crippen molar-refractivity contribution in [2.24, 2.45) is 12.8 Å². The zero-order valence-electron chi connectivity index (χ0n) is 10.7. The Morgan fingerprint density at radius 2 is 2.10 bits per heavy atom. The maximum Gasteiger partial charge on any atom is 0.419 e. The number of rotatable bonds is 4. The van der Waals surface area contributed by atoms with Crippen molar-refractivity contribution in [3.05, 3.63) is 41.2 Å². The average Bonchev–Trinajstić information content (AvgIpc) is 2.81. The molecule has 1 aromatic heterocycles. The normalized spacial score (nSPS) is 11.7. The van der Waals surface area contributed by atoms with Crippen LogP contribution < -0.4 is 10.5 Å². The zero-order valence-corrected chi connectivity index (χ0v) is 10.7. The lowest BCUT2D eigenvalue weighted by molar-refractivity contribution is -0.139. The summed E-state index contributed by atoms with van der Waals surface area (Å²) < 4.78 is 45.5. The number of hydrogen-bond donors (Lipinski definition) is 1. The predicted molar refractivity (Wildman–Crippen MR) is 64.7 cm³/mol. The zero-order chi connectivity index (χ0) is 14.8. The lowest BCUT2D eigenvalue weighted by Crippen LogP contribution is -2.10. The highest BCUT2D eigenvalue weighted by atomic mass is 19.4. The summed E-state index contributed by atoms with van der Waals surface area (Å²) in [4.78, 5) is 0. The number of nitrogens with two attached hydrogens (primary N) is 1. The van der Waals surface area contributed by atoms with Crippen LogP contribution in [-0.2, 0) is 26.4 Å². The molecule has 0 atom stereocenters. The van der Waals surface area contributed by atoms with Crippen molar-refractivity contribution in [3.8, 4) is 5.75 Å². The van der Waals surface area contributed by atoms with E-state index in [0.717, 1.165) is 6.07 Å². The van der Waals surface area contributed by atoms with E-state index >= 15 is 0 Å². The molecule has 20 heavy (non-hydrogen) atoms. The quantitative estimate of drug-likeness (QED) is 0.931. The number of aryl methyl sites for hydroxylation is 1. The van der Waals surface area contributed by atoms with Gasteiger partial charge in [0.25, 0.3) is 0 Å². The fourth-order valence-corrected chi connectivity index (χ4v) is 1.66. The molecule has 2 aromatic rings. The van der Waals surface area contributed by atoms with Gasteiger partial charge in [0.2, 0.25) is 0 Å². The average molecular weight is 286 g/mol. The van der Waals surface area contributed by atoms with Crippen LogP contribution in [0.25, 0.3) is 0 Å². The fourth-order valence-electron chi connectivity index (χ4n) is 1.66. The second kappa shape index (κ2) is 5.49. The van der Waals surface area contributed by atoms with Crippen LogP contribution in [0.4, 0.5) is 13.2 Å². The Bertz CT molecular complexity index is 595. The van der Waals surface area contributed by atoms with Crippen LogP contribution >= 0.6 is 0 Å². The Morgan fingerprint density at radius 1 is 1.35 bits per heavy atom. The third-order valence-corrected chi connectivity index (χ3v) is 2.61. The van der Waals surface area contributed by atoms with Gasteiger partial charge in [0, 0.05) is 13.6 Å². The highest BCUT2D eigenvalue weighted by Gasteiger charge is 2.34. The molecule has 0 amide bonds. The minimum atomic E-state index is -4.50. The van der Waals surface area contributed by atoms with E-state index in [1.807, 2.05) is 0 Å². The molecule has 0 aliphatic heterocycles. The van der Waals surface area contributed by atoms with Gasteiger partial charge in [-0.1, -0.05) is 11.3 Å². The molecule has 108 valence electrons. The van der Waals surface area contributed by atoms with E-state index in [9.17, 15) is 13.2 Å². The summed E-state index contributed by atoms with van der Waals surface area (Å²) in [7, 11) is 1.66. The van der Waals surface area contributed by atoms with Crippen LogP contribution in [0.3, 0.4) is 0 Å². The summed E-state index contributed by atoms with van der Waals surface area (Å²) in [5.41, 5.74) is 5.35. The van der Waals surface area contributed by atoms with Crippen molar-refractivity contribution in [1.82, 2.24) is 15.0 Å². The first-order chi connectivity index (χ1) is 9.40. The topological polar surface area (TPSA) is 66.0 Å². The summed E-state index contributed by atoms with van der Waals surface area (Å²) in [6, 6.07) is 3.76. The van der Waals surface area contributed by atoms with Crippen LogP contribution in [0.2, 0.25) is 0 Å². The number of ether oxygens (including phenoxy) is 1. The van der Waals surface area contributed by atoms with Gasteiger partial charge in [0.05, 0.1) is 11.8 Å². The van der Waals surface area contributed by atoms with E-state index in [1.165, 1.54) is 16.8 Å². The third kappa shape index (κ3) is 3.27. The molecule has 0 aliphatic carbocycles. The van der Waals surface area contributed by atoms with Crippen molar-refractivity contribution >= 4 is 0 Å². The molecule has 0 aliphatic rings. The van der Waals surface area contributed by atoms with Gasteiger partial charge in [-0.15, -0.1) is 5.10 Å². The van der Waals surface area contributed by atoms with E-state index in [4.69, 9.17) is 10.5 Å². The molecule has 0 fully saturated rings. The van der Waals surface area contributed by atoms with Gasteiger partial charge in [-0.05, 0) is 17.7 Å². The van der Waals surface area contributed by atoms with Gasteiger partial charge in [-0.3, -0.25) is 4.68 Å². The van der Waals surface area contributed by atoms with Crippen molar-refractivity contribution in [3.63, 3.8) is 0 Å². The molecule has 8 heteroatoms. The molecular weight excluding hydrogens is 273 g/mol. The SMILES string of the molecule is Cn1cc(COc2ccc(CN)cc2C(F)(F)F)nn1. The summed E-state index contributed by atoms with van der Waals surface area (Å²) in [6.07, 6.45) is -2.93. The molecule has 0 radical (unpaired) electrons. The standard InChI is InChI=1S/C12H13F3N4O/c1-19-6-9(17-18-19)7-20-11-3-2-8(5-16)4-10(11)12(13,14)15/h2-4,6H,5,7,16H2,1H3. The van der Waals surface area contributed by atoms with Crippen LogP contribution in [0.5, 0.6) is 5.75 Å². The first-order valence-electron chi connectivity index (χ1n) is 5.78. The highest BCUT2D eigenvalue weighted by Crippen LogP contribution is 2.37. The Balaban J connectivity index is 2.22. The number of nitrogens with zero attached hydrogens (tertiary/aromatic N) is 3. The smallest absolute Gasteiger partial charge is 0.419 e. The Morgan fingerprint density at radius 3 is 2.65 bits per heavy atom. The lowest BCUT2D eigenvalue weighted by Gasteiger charge is -2.14. The highest BCUT2D eigenvalue weighted by molar-refractivity contribution is 5.39. The van der Waals surface area contributed by atoms with E-state index in [-0.39, 0.29) is 18.9 Å². The van der Waals surface area contributed by atoms with E-state index in [1.54, 1.807) is 13.2 Å². The first-order valence-corrected chi connectivity index (χ1v) is 5.78. The van der Waals surface area contributed by atoms with Crippen LogP contribution in [0, 0.1) is 0 Å². The minimum Gasteiger partial charge on any atom is -0.487 e. The number of hydrogen-bond acceptors (Lipinski definition) is 4. The molecule has 2 N–H and O–H groups in total. The summed E-state index contributed by atoms with van der Waals surface area (Å²) in [5, 5.41) is 7.42. The summed E-state index contributed by atoms with van der Waals surface area (Å²) in [5.74, 6) is -0.250. The Labute approximate surface area is 113 Å².